The molecule has 1 amide bonds. The summed E-state index contributed by atoms with van der Waals surface area (Å²) < 4.78 is 5.37. The predicted molar refractivity (Wildman–Crippen MR) is 90.3 cm³/mol. The Labute approximate surface area is 144 Å². The van der Waals surface area contributed by atoms with Crippen LogP contribution in [0.2, 0.25) is 10.0 Å². The van der Waals surface area contributed by atoms with E-state index in [2.05, 4.69) is 5.32 Å². The number of hydrogen-bond donors (Lipinski definition) is 1. The fourth-order valence-corrected chi connectivity index (χ4v) is 2.58. The number of amides is 1. The van der Waals surface area contributed by atoms with Gasteiger partial charge in [0.15, 0.2) is 6.61 Å². The number of ether oxygens (including phenoxy) is 1. The molecule has 0 aliphatic rings. The number of aldehydes is 1. The van der Waals surface area contributed by atoms with Crippen molar-refractivity contribution in [2.75, 3.05) is 6.61 Å². The first-order chi connectivity index (χ1) is 11.0. The van der Waals surface area contributed by atoms with Gasteiger partial charge in [-0.05, 0) is 48.9 Å². The molecule has 2 rings (SSSR count). The van der Waals surface area contributed by atoms with Gasteiger partial charge in [0.1, 0.15) is 12.0 Å². The summed E-state index contributed by atoms with van der Waals surface area (Å²) in [5.74, 6) is 0.242. The second-order valence-corrected chi connectivity index (χ2v) is 5.77. The molecule has 0 aliphatic carbocycles. The summed E-state index contributed by atoms with van der Waals surface area (Å²) >= 11 is 12.0. The zero-order chi connectivity index (χ0) is 16.8. The molecule has 1 N–H and O–H groups in total. The molecular weight excluding hydrogens is 337 g/mol. The van der Waals surface area contributed by atoms with Crippen molar-refractivity contribution >= 4 is 35.4 Å². The number of benzene rings is 2. The van der Waals surface area contributed by atoms with Gasteiger partial charge in [0.05, 0.1) is 6.04 Å². The van der Waals surface area contributed by atoms with Crippen molar-refractivity contribution < 1.29 is 14.3 Å². The Morgan fingerprint density at radius 3 is 2.52 bits per heavy atom. The summed E-state index contributed by atoms with van der Waals surface area (Å²) in [4.78, 5) is 22.5. The van der Waals surface area contributed by atoms with E-state index in [4.69, 9.17) is 27.9 Å². The Hall–Kier alpha value is -2.04. The third-order valence-electron chi connectivity index (χ3n) is 3.19. The molecule has 0 fully saturated rings. The van der Waals surface area contributed by atoms with E-state index < -0.39 is 0 Å². The number of carbonyl (C=O) groups is 2. The molecule has 2 aromatic rings. The highest BCUT2D eigenvalue weighted by atomic mass is 35.5. The summed E-state index contributed by atoms with van der Waals surface area (Å²) in [6, 6.07) is 11.4. The van der Waals surface area contributed by atoms with Gasteiger partial charge in [-0.2, -0.15) is 0 Å². The third-order valence-corrected chi connectivity index (χ3v) is 3.76. The molecular formula is C17H15Cl2NO3. The first-order valence-electron chi connectivity index (χ1n) is 6.92. The normalized spacial score (nSPS) is 11.6. The van der Waals surface area contributed by atoms with Crippen LogP contribution < -0.4 is 10.1 Å². The van der Waals surface area contributed by atoms with E-state index in [1.54, 1.807) is 42.5 Å². The summed E-state index contributed by atoms with van der Waals surface area (Å²) in [5.41, 5.74) is 1.33. The van der Waals surface area contributed by atoms with E-state index in [0.29, 0.717) is 21.4 Å². The van der Waals surface area contributed by atoms with Crippen molar-refractivity contribution in [2.45, 2.75) is 13.0 Å². The minimum Gasteiger partial charge on any atom is -0.484 e. The van der Waals surface area contributed by atoms with Gasteiger partial charge in [0.2, 0.25) is 0 Å². The van der Waals surface area contributed by atoms with Crippen molar-refractivity contribution in [2.24, 2.45) is 0 Å². The maximum Gasteiger partial charge on any atom is 0.258 e. The first kappa shape index (κ1) is 17.3. The fraction of sp³-hybridized carbons (Fsp3) is 0.176. The standard InChI is InChI=1S/C17H15Cl2NO3/c1-11(15-7-4-13(18)8-16(15)19)20-17(22)10-23-14-5-2-12(9-21)3-6-14/h2-9,11H,10H2,1H3,(H,20,22). The second-order valence-electron chi connectivity index (χ2n) is 4.93. The molecule has 0 aromatic heterocycles. The molecule has 2 aromatic carbocycles. The minimum atomic E-state index is -0.275. The van der Waals surface area contributed by atoms with Gasteiger partial charge in [-0.15, -0.1) is 0 Å². The highest BCUT2D eigenvalue weighted by Gasteiger charge is 2.13. The summed E-state index contributed by atoms with van der Waals surface area (Å²) in [6.45, 7) is 1.70. The van der Waals surface area contributed by atoms with Gasteiger partial charge in [-0.1, -0.05) is 29.3 Å². The van der Waals surface area contributed by atoms with E-state index in [0.717, 1.165) is 11.8 Å². The van der Waals surface area contributed by atoms with Crippen LogP contribution in [0.1, 0.15) is 28.9 Å². The maximum absolute atomic E-state index is 11.9. The van der Waals surface area contributed by atoms with Crippen LogP contribution in [0, 0.1) is 0 Å². The summed E-state index contributed by atoms with van der Waals surface area (Å²) in [7, 11) is 0. The molecule has 4 nitrogen and oxygen atoms in total. The van der Waals surface area contributed by atoms with Gasteiger partial charge in [0.25, 0.3) is 5.91 Å². The quantitative estimate of drug-likeness (QED) is 0.798. The predicted octanol–water partition coefficient (Wildman–Crippen LogP) is 4.06. The number of rotatable bonds is 6. The Morgan fingerprint density at radius 1 is 1.22 bits per heavy atom. The second kappa shape index (κ2) is 7.99. The lowest BCUT2D eigenvalue weighted by atomic mass is 10.1. The smallest absolute Gasteiger partial charge is 0.258 e. The van der Waals surface area contributed by atoms with E-state index in [1.807, 2.05) is 6.92 Å². The van der Waals surface area contributed by atoms with Crippen LogP contribution in [0.3, 0.4) is 0 Å². The van der Waals surface area contributed by atoms with Crippen LogP contribution in [0.25, 0.3) is 0 Å². The lowest BCUT2D eigenvalue weighted by Gasteiger charge is -2.16. The van der Waals surface area contributed by atoms with Crippen LogP contribution in [-0.2, 0) is 4.79 Å². The molecule has 120 valence electrons. The molecule has 0 saturated carbocycles. The molecule has 0 saturated heterocycles. The fourth-order valence-electron chi connectivity index (χ4n) is 2.01. The van der Waals surface area contributed by atoms with Crippen LogP contribution in [-0.4, -0.2) is 18.8 Å². The van der Waals surface area contributed by atoms with Crippen molar-refractivity contribution in [3.8, 4) is 5.75 Å². The van der Waals surface area contributed by atoms with Crippen LogP contribution >= 0.6 is 23.2 Å². The third kappa shape index (κ3) is 4.98. The zero-order valence-electron chi connectivity index (χ0n) is 12.4. The Bertz CT molecular complexity index is 701. The molecule has 0 heterocycles. The molecule has 23 heavy (non-hydrogen) atoms. The topological polar surface area (TPSA) is 55.4 Å². The number of halogens is 2. The first-order valence-corrected chi connectivity index (χ1v) is 7.67. The monoisotopic (exact) mass is 351 g/mol. The highest BCUT2D eigenvalue weighted by molar-refractivity contribution is 6.35. The average Bonchev–Trinajstić information content (AvgIpc) is 2.53. The number of nitrogens with one attached hydrogen (secondary N) is 1. The Morgan fingerprint density at radius 2 is 1.91 bits per heavy atom. The Kier molecular flexibility index (Phi) is 6.02. The highest BCUT2D eigenvalue weighted by Crippen LogP contribution is 2.26. The summed E-state index contributed by atoms with van der Waals surface area (Å²) in [5, 5.41) is 3.84. The lowest BCUT2D eigenvalue weighted by Crippen LogP contribution is -2.31. The molecule has 1 atom stereocenters. The minimum absolute atomic E-state index is 0.129. The Balaban J connectivity index is 1.89. The number of hydrogen-bond acceptors (Lipinski definition) is 3. The largest absolute Gasteiger partial charge is 0.484 e. The van der Waals surface area contributed by atoms with Gasteiger partial charge in [0, 0.05) is 15.6 Å². The van der Waals surface area contributed by atoms with Gasteiger partial charge >= 0.3 is 0 Å². The molecule has 1 unspecified atom stereocenters. The lowest BCUT2D eigenvalue weighted by molar-refractivity contribution is -0.123. The van der Waals surface area contributed by atoms with Crippen molar-refractivity contribution in [1.29, 1.82) is 0 Å². The van der Waals surface area contributed by atoms with E-state index in [1.165, 1.54) is 0 Å². The zero-order valence-corrected chi connectivity index (χ0v) is 13.9. The SMILES string of the molecule is CC(NC(=O)COc1ccc(C=O)cc1)c1ccc(Cl)cc1Cl. The van der Waals surface area contributed by atoms with Crippen LogP contribution in [0.4, 0.5) is 0 Å². The van der Waals surface area contributed by atoms with E-state index in [9.17, 15) is 9.59 Å². The van der Waals surface area contributed by atoms with E-state index in [-0.39, 0.29) is 18.6 Å². The van der Waals surface area contributed by atoms with Crippen molar-refractivity contribution in [1.82, 2.24) is 5.32 Å². The van der Waals surface area contributed by atoms with Crippen molar-refractivity contribution in [3.63, 3.8) is 0 Å². The van der Waals surface area contributed by atoms with E-state index >= 15 is 0 Å². The maximum atomic E-state index is 11.9. The molecule has 0 bridgehead atoms. The number of carbonyl (C=O) groups excluding carboxylic acids is 2. The van der Waals surface area contributed by atoms with Crippen LogP contribution in [0.5, 0.6) is 5.75 Å². The van der Waals surface area contributed by atoms with Gasteiger partial charge in [-0.25, -0.2) is 0 Å². The van der Waals surface area contributed by atoms with Crippen LogP contribution in [0.15, 0.2) is 42.5 Å². The molecule has 0 aliphatic heterocycles. The molecule has 0 spiro atoms. The van der Waals surface area contributed by atoms with Crippen molar-refractivity contribution in [3.05, 3.63) is 63.6 Å². The summed E-state index contributed by atoms with van der Waals surface area (Å²) in [6.07, 6.45) is 0.744. The molecule has 6 heteroatoms. The van der Waals surface area contributed by atoms with Gasteiger partial charge in [-0.3, -0.25) is 9.59 Å². The molecule has 0 radical (unpaired) electrons. The average molecular weight is 352 g/mol. The van der Waals surface area contributed by atoms with Gasteiger partial charge < -0.3 is 10.1 Å².